The van der Waals surface area contributed by atoms with Gasteiger partial charge in [-0.3, -0.25) is 9.89 Å². The first kappa shape index (κ1) is 21.2. The van der Waals surface area contributed by atoms with Gasteiger partial charge < -0.3 is 10.1 Å². The van der Waals surface area contributed by atoms with Gasteiger partial charge in [-0.1, -0.05) is 6.08 Å². The summed E-state index contributed by atoms with van der Waals surface area (Å²) in [5.41, 5.74) is 1.14. The summed E-state index contributed by atoms with van der Waals surface area (Å²) in [6.07, 6.45) is 1.45. The van der Waals surface area contributed by atoms with Gasteiger partial charge >= 0.3 is 0 Å². The van der Waals surface area contributed by atoms with Crippen molar-refractivity contribution in [1.29, 1.82) is 0 Å². The van der Waals surface area contributed by atoms with Crippen LogP contribution in [0.3, 0.4) is 0 Å². The number of hydrogen-bond donors (Lipinski definition) is 3. The molecule has 0 aliphatic rings. The molecule has 3 N–H and O–H groups in total. The number of carbonyl (C=O) groups is 1. The molecule has 0 saturated carbocycles. The number of sulfonamides is 1. The predicted octanol–water partition coefficient (Wildman–Crippen LogP) is 1.87. The molecule has 1 aromatic heterocycles. The van der Waals surface area contributed by atoms with Gasteiger partial charge in [-0.05, 0) is 48.5 Å². The average Bonchev–Trinajstić information content (AvgIpc) is 3.25. The molecule has 0 bridgehead atoms. The Morgan fingerprint density at radius 2 is 1.87 bits per heavy atom. The summed E-state index contributed by atoms with van der Waals surface area (Å²) < 4.78 is 31.6. The summed E-state index contributed by atoms with van der Waals surface area (Å²) in [7, 11) is -2.04. The quantitative estimate of drug-likeness (QED) is 0.448. The van der Waals surface area contributed by atoms with Crippen LogP contribution in [0.4, 0.5) is 0 Å². The highest BCUT2D eigenvalue weighted by atomic mass is 32.2. The minimum atomic E-state index is -3.63. The summed E-state index contributed by atoms with van der Waals surface area (Å²) >= 11 is 0. The van der Waals surface area contributed by atoms with Gasteiger partial charge in [0.1, 0.15) is 11.6 Å². The van der Waals surface area contributed by atoms with Gasteiger partial charge in [-0.25, -0.2) is 18.1 Å². The number of aromatic amines is 1. The molecule has 10 heteroatoms. The van der Waals surface area contributed by atoms with Crippen molar-refractivity contribution < 1.29 is 17.9 Å². The second kappa shape index (κ2) is 9.33. The Morgan fingerprint density at radius 3 is 2.50 bits per heavy atom. The second-order valence-corrected chi connectivity index (χ2v) is 7.95. The molecule has 9 nitrogen and oxygen atoms in total. The highest BCUT2D eigenvalue weighted by Gasteiger charge is 2.14. The van der Waals surface area contributed by atoms with Crippen LogP contribution in [0.25, 0.3) is 11.4 Å². The lowest BCUT2D eigenvalue weighted by Crippen LogP contribution is -2.25. The predicted molar refractivity (Wildman–Crippen MR) is 111 cm³/mol. The highest BCUT2D eigenvalue weighted by molar-refractivity contribution is 7.89. The number of benzene rings is 2. The molecule has 30 heavy (non-hydrogen) atoms. The third-order valence-electron chi connectivity index (χ3n) is 4.14. The van der Waals surface area contributed by atoms with Gasteiger partial charge in [-0.15, -0.1) is 6.58 Å². The first-order chi connectivity index (χ1) is 14.4. The summed E-state index contributed by atoms with van der Waals surface area (Å²) in [4.78, 5) is 16.8. The maximum atomic E-state index is 12.3. The van der Waals surface area contributed by atoms with Crippen LogP contribution < -0.4 is 14.8 Å². The summed E-state index contributed by atoms with van der Waals surface area (Å²) in [6, 6.07) is 12.9. The topological polar surface area (TPSA) is 126 Å². The van der Waals surface area contributed by atoms with E-state index in [4.69, 9.17) is 4.74 Å². The molecule has 2 aromatic carbocycles. The number of methoxy groups -OCH3 is 1. The van der Waals surface area contributed by atoms with Crippen LogP contribution in [-0.2, 0) is 16.6 Å². The summed E-state index contributed by atoms with van der Waals surface area (Å²) in [5.74, 6) is 1.36. The van der Waals surface area contributed by atoms with Crippen molar-refractivity contribution in [2.75, 3.05) is 13.7 Å². The molecule has 3 aromatic rings. The molecule has 1 amide bonds. The molecule has 0 atom stereocenters. The van der Waals surface area contributed by atoms with Gasteiger partial charge in [0.15, 0.2) is 5.82 Å². The molecule has 3 rings (SSSR count). The maximum absolute atomic E-state index is 12.3. The first-order valence-electron chi connectivity index (χ1n) is 8.97. The minimum Gasteiger partial charge on any atom is -0.497 e. The lowest BCUT2D eigenvalue weighted by atomic mass is 10.2. The number of hydrogen-bond acceptors (Lipinski definition) is 6. The van der Waals surface area contributed by atoms with Crippen molar-refractivity contribution in [2.45, 2.75) is 11.4 Å². The van der Waals surface area contributed by atoms with E-state index in [1.165, 1.54) is 30.3 Å². The largest absolute Gasteiger partial charge is 0.497 e. The van der Waals surface area contributed by atoms with E-state index in [-0.39, 0.29) is 23.9 Å². The molecule has 156 valence electrons. The van der Waals surface area contributed by atoms with Crippen LogP contribution in [0, 0.1) is 0 Å². The third-order valence-corrected chi connectivity index (χ3v) is 5.58. The number of nitrogens with zero attached hydrogens (tertiary/aromatic N) is 2. The van der Waals surface area contributed by atoms with Gasteiger partial charge in [0.2, 0.25) is 10.0 Å². The fraction of sp³-hybridized carbons (Fsp3) is 0.150. The van der Waals surface area contributed by atoms with Crippen LogP contribution in [0.15, 0.2) is 66.1 Å². The van der Waals surface area contributed by atoms with Crippen LogP contribution in [-0.4, -0.2) is 43.2 Å². The molecule has 0 aliphatic carbocycles. The van der Waals surface area contributed by atoms with E-state index < -0.39 is 10.0 Å². The van der Waals surface area contributed by atoms with E-state index in [1.807, 2.05) is 24.3 Å². The normalized spacial score (nSPS) is 11.1. The van der Waals surface area contributed by atoms with Crippen molar-refractivity contribution in [3.05, 3.63) is 72.6 Å². The number of nitrogens with one attached hydrogen (secondary N) is 3. The van der Waals surface area contributed by atoms with E-state index in [2.05, 4.69) is 31.8 Å². The number of rotatable bonds is 9. The van der Waals surface area contributed by atoms with Gasteiger partial charge in [-0.2, -0.15) is 5.10 Å². The molecule has 1 heterocycles. The van der Waals surface area contributed by atoms with Crippen molar-refractivity contribution in [3.8, 4) is 17.1 Å². The van der Waals surface area contributed by atoms with E-state index in [0.717, 1.165) is 11.3 Å². The molecular weight excluding hydrogens is 406 g/mol. The van der Waals surface area contributed by atoms with Gasteiger partial charge in [0, 0.05) is 17.7 Å². The van der Waals surface area contributed by atoms with Crippen molar-refractivity contribution in [1.82, 2.24) is 25.2 Å². The Labute approximate surface area is 174 Å². The van der Waals surface area contributed by atoms with Crippen molar-refractivity contribution >= 4 is 15.9 Å². The number of ether oxygens (including phenoxy) is 1. The Kier molecular flexibility index (Phi) is 6.60. The first-order valence-corrected chi connectivity index (χ1v) is 10.5. The molecule has 0 fully saturated rings. The SMILES string of the molecule is C=CCNS(=O)(=O)c1ccc(C(=O)NCc2nc(-c3ccc(OC)cc3)n[nH]2)cc1. The molecule has 0 unspecified atom stereocenters. The summed E-state index contributed by atoms with van der Waals surface area (Å²) in [6.45, 7) is 3.74. The molecule has 0 radical (unpaired) electrons. The Hall–Kier alpha value is -3.50. The Morgan fingerprint density at radius 1 is 1.17 bits per heavy atom. The molecule has 0 saturated heterocycles. The monoisotopic (exact) mass is 427 g/mol. The zero-order valence-corrected chi connectivity index (χ0v) is 17.1. The van der Waals surface area contributed by atoms with Gasteiger partial charge in [0.25, 0.3) is 5.91 Å². The fourth-order valence-electron chi connectivity index (χ4n) is 2.55. The van der Waals surface area contributed by atoms with E-state index >= 15 is 0 Å². The number of aromatic nitrogens is 3. The fourth-order valence-corrected chi connectivity index (χ4v) is 3.55. The molecular formula is C20H21N5O4S. The van der Waals surface area contributed by atoms with E-state index in [0.29, 0.717) is 17.2 Å². The molecule has 0 spiro atoms. The zero-order valence-electron chi connectivity index (χ0n) is 16.3. The number of H-pyrrole nitrogens is 1. The lowest BCUT2D eigenvalue weighted by molar-refractivity contribution is 0.0950. The van der Waals surface area contributed by atoms with Crippen LogP contribution >= 0.6 is 0 Å². The van der Waals surface area contributed by atoms with Crippen LogP contribution in [0.2, 0.25) is 0 Å². The molecule has 0 aliphatic heterocycles. The smallest absolute Gasteiger partial charge is 0.251 e. The Balaban J connectivity index is 1.60. The van der Waals surface area contributed by atoms with Crippen molar-refractivity contribution in [2.24, 2.45) is 0 Å². The van der Waals surface area contributed by atoms with Crippen LogP contribution in [0.5, 0.6) is 5.75 Å². The van der Waals surface area contributed by atoms with E-state index in [9.17, 15) is 13.2 Å². The average molecular weight is 427 g/mol. The zero-order chi connectivity index (χ0) is 21.6. The number of amides is 1. The maximum Gasteiger partial charge on any atom is 0.251 e. The lowest BCUT2D eigenvalue weighted by Gasteiger charge is -2.06. The third kappa shape index (κ3) is 5.10. The van der Waals surface area contributed by atoms with Crippen molar-refractivity contribution in [3.63, 3.8) is 0 Å². The highest BCUT2D eigenvalue weighted by Crippen LogP contribution is 2.19. The summed E-state index contributed by atoms with van der Waals surface area (Å²) in [5, 5.41) is 9.65. The van der Waals surface area contributed by atoms with Crippen LogP contribution in [0.1, 0.15) is 16.2 Å². The standard InChI is InChI=1S/C20H21N5O4S/c1-3-12-22-30(27,28)17-10-6-15(7-11-17)20(26)21-13-18-23-19(25-24-18)14-4-8-16(29-2)9-5-14/h3-11,22H,1,12-13H2,2H3,(H,21,26)(H,23,24,25). The second-order valence-electron chi connectivity index (χ2n) is 6.18. The van der Waals surface area contributed by atoms with Gasteiger partial charge in [0.05, 0.1) is 18.6 Å². The number of carbonyl (C=O) groups excluding carboxylic acids is 1. The minimum absolute atomic E-state index is 0.0697. The Bertz CT molecular complexity index is 1120. The van der Waals surface area contributed by atoms with E-state index in [1.54, 1.807) is 7.11 Å².